The average Bonchev–Trinajstić information content (AvgIpc) is 3.14. The van der Waals surface area contributed by atoms with Gasteiger partial charge in [-0.15, -0.1) is 22.0 Å². The van der Waals surface area contributed by atoms with E-state index in [4.69, 9.17) is 16.9 Å². The van der Waals surface area contributed by atoms with Crippen LogP contribution in [-0.4, -0.2) is 32.2 Å². The van der Waals surface area contributed by atoms with Gasteiger partial charge in [-0.1, -0.05) is 47.6 Å². The third kappa shape index (κ3) is 5.54. The fraction of sp³-hybridized carbons (Fsp3) is 0.200. The predicted octanol–water partition coefficient (Wildman–Crippen LogP) is 4.96. The summed E-state index contributed by atoms with van der Waals surface area (Å²) in [6, 6.07) is 17.0. The number of nitrogens with one attached hydrogen (secondary N) is 1. The van der Waals surface area contributed by atoms with Gasteiger partial charge >= 0.3 is 0 Å². The first kappa shape index (κ1) is 21.2. The highest BCUT2D eigenvalue weighted by Crippen LogP contribution is 2.28. The van der Waals surface area contributed by atoms with Crippen molar-refractivity contribution in [2.75, 3.05) is 16.8 Å². The minimum absolute atomic E-state index is 0.144. The molecule has 148 valence electrons. The predicted molar refractivity (Wildman–Crippen MR) is 118 cm³/mol. The third-order valence-corrected chi connectivity index (χ3v) is 6.04. The summed E-state index contributed by atoms with van der Waals surface area (Å²) in [7, 11) is 0. The lowest BCUT2D eigenvalue weighted by Crippen LogP contribution is -2.15. The Morgan fingerprint density at radius 1 is 1.21 bits per heavy atom. The third-order valence-electron chi connectivity index (χ3n) is 3.90. The van der Waals surface area contributed by atoms with E-state index >= 15 is 0 Å². The van der Waals surface area contributed by atoms with Gasteiger partial charge in [0, 0.05) is 22.0 Å². The van der Waals surface area contributed by atoms with Crippen LogP contribution in [0.1, 0.15) is 6.92 Å². The van der Waals surface area contributed by atoms with Crippen LogP contribution in [0.25, 0.3) is 11.4 Å². The van der Waals surface area contributed by atoms with Crippen molar-refractivity contribution >= 4 is 46.7 Å². The Morgan fingerprint density at radius 2 is 2.03 bits per heavy atom. The molecule has 1 amide bonds. The largest absolute Gasteiger partial charge is 0.324 e. The Bertz CT molecular complexity index is 1050. The quantitative estimate of drug-likeness (QED) is 0.495. The van der Waals surface area contributed by atoms with Crippen molar-refractivity contribution in [3.63, 3.8) is 0 Å². The van der Waals surface area contributed by atoms with E-state index in [0.717, 1.165) is 16.3 Å². The maximum absolute atomic E-state index is 12.5. The zero-order valence-electron chi connectivity index (χ0n) is 15.6. The molecular weight excluding hydrogens is 426 g/mol. The average molecular weight is 444 g/mol. The molecule has 0 bridgehead atoms. The number of para-hydroxylation sites is 1. The van der Waals surface area contributed by atoms with Gasteiger partial charge in [-0.2, -0.15) is 5.26 Å². The molecule has 0 spiro atoms. The fourth-order valence-corrected chi connectivity index (χ4v) is 4.31. The summed E-state index contributed by atoms with van der Waals surface area (Å²) in [5.41, 5.74) is 1.58. The monoisotopic (exact) mass is 443 g/mol. The first-order valence-corrected chi connectivity index (χ1v) is 11.2. The normalized spacial score (nSPS) is 10.5. The van der Waals surface area contributed by atoms with Crippen molar-refractivity contribution in [1.82, 2.24) is 14.8 Å². The van der Waals surface area contributed by atoms with Crippen molar-refractivity contribution in [2.45, 2.75) is 23.5 Å². The molecule has 0 fully saturated rings. The maximum atomic E-state index is 12.5. The molecule has 0 saturated carbocycles. The van der Waals surface area contributed by atoms with Gasteiger partial charge in [0.15, 0.2) is 11.0 Å². The fourth-order valence-electron chi connectivity index (χ4n) is 2.64. The number of carbonyl (C=O) groups excluding carboxylic acids is 1. The Balaban J connectivity index is 1.68. The van der Waals surface area contributed by atoms with Crippen LogP contribution in [0.5, 0.6) is 0 Å². The van der Waals surface area contributed by atoms with Crippen LogP contribution in [0.4, 0.5) is 5.69 Å². The second-order valence-electron chi connectivity index (χ2n) is 5.84. The lowest BCUT2D eigenvalue weighted by atomic mass is 10.2. The molecule has 0 radical (unpaired) electrons. The molecule has 0 aliphatic rings. The van der Waals surface area contributed by atoms with Gasteiger partial charge < -0.3 is 9.88 Å². The second kappa shape index (κ2) is 10.3. The van der Waals surface area contributed by atoms with Crippen LogP contribution in [0.3, 0.4) is 0 Å². The number of amides is 1. The van der Waals surface area contributed by atoms with E-state index in [-0.39, 0.29) is 11.7 Å². The number of anilines is 1. The van der Waals surface area contributed by atoms with E-state index in [1.807, 2.05) is 60.0 Å². The lowest BCUT2D eigenvalue weighted by molar-refractivity contribution is -0.113. The number of rotatable bonds is 8. The number of hydrogen-bond acceptors (Lipinski definition) is 6. The molecule has 0 saturated heterocycles. The Morgan fingerprint density at radius 3 is 2.79 bits per heavy atom. The van der Waals surface area contributed by atoms with Crippen LogP contribution in [0.2, 0.25) is 5.02 Å². The molecule has 2 aromatic carbocycles. The number of aromatic nitrogens is 3. The summed E-state index contributed by atoms with van der Waals surface area (Å²) in [5.74, 6) is 1.10. The number of nitriles is 1. The highest BCUT2D eigenvalue weighted by atomic mass is 35.5. The van der Waals surface area contributed by atoms with Crippen LogP contribution < -0.4 is 5.32 Å². The van der Waals surface area contributed by atoms with Gasteiger partial charge in [-0.05, 0) is 31.2 Å². The lowest BCUT2D eigenvalue weighted by Gasteiger charge is -2.10. The standard InChI is InChI=1S/C20H18ClN5OS2/c1-2-26-19(14-6-5-7-15(21)12-14)24-25-20(26)29-13-18(27)23-16-8-3-4-9-17(16)28-11-10-22/h3-9,12H,2,11,13H2,1H3,(H,23,27). The molecule has 1 heterocycles. The molecule has 0 aliphatic heterocycles. The topological polar surface area (TPSA) is 83.6 Å². The number of nitrogens with zero attached hydrogens (tertiary/aromatic N) is 4. The number of carbonyl (C=O) groups is 1. The zero-order valence-corrected chi connectivity index (χ0v) is 18.0. The zero-order chi connectivity index (χ0) is 20.6. The van der Waals surface area contributed by atoms with E-state index < -0.39 is 0 Å². The molecule has 1 aromatic heterocycles. The molecule has 1 N–H and O–H groups in total. The van der Waals surface area contributed by atoms with E-state index in [9.17, 15) is 4.79 Å². The number of halogens is 1. The summed E-state index contributed by atoms with van der Waals surface area (Å²) in [6.07, 6.45) is 0. The van der Waals surface area contributed by atoms with Crippen molar-refractivity contribution in [1.29, 1.82) is 5.26 Å². The van der Waals surface area contributed by atoms with Crippen LogP contribution in [-0.2, 0) is 11.3 Å². The van der Waals surface area contributed by atoms with Crippen molar-refractivity contribution < 1.29 is 4.79 Å². The van der Waals surface area contributed by atoms with E-state index in [1.165, 1.54) is 23.5 Å². The molecule has 6 nitrogen and oxygen atoms in total. The molecule has 0 atom stereocenters. The van der Waals surface area contributed by atoms with Gasteiger partial charge in [-0.25, -0.2) is 0 Å². The molecule has 9 heteroatoms. The maximum Gasteiger partial charge on any atom is 0.234 e. The highest BCUT2D eigenvalue weighted by Gasteiger charge is 2.15. The second-order valence-corrected chi connectivity index (χ2v) is 8.24. The molecule has 29 heavy (non-hydrogen) atoms. The minimum Gasteiger partial charge on any atom is -0.324 e. The van der Waals surface area contributed by atoms with E-state index in [0.29, 0.717) is 28.2 Å². The van der Waals surface area contributed by atoms with Gasteiger partial charge in [0.25, 0.3) is 0 Å². The smallest absolute Gasteiger partial charge is 0.234 e. The van der Waals surface area contributed by atoms with Crippen molar-refractivity contribution in [3.05, 3.63) is 53.6 Å². The Kier molecular flexibility index (Phi) is 7.58. The van der Waals surface area contributed by atoms with Crippen molar-refractivity contribution in [2.24, 2.45) is 0 Å². The van der Waals surface area contributed by atoms with Gasteiger partial charge in [0.1, 0.15) is 0 Å². The van der Waals surface area contributed by atoms with Crippen LogP contribution in [0.15, 0.2) is 58.6 Å². The summed E-state index contributed by atoms with van der Waals surface area (Å²) < 4.78 is 1.96. The number of hydrogen-bond donors (Lipinski definition) is 1. The molecule has 3 rings (SSSR count). The van der Waals surface area contributed by atoms with Crippen molar-refractivity contribution in [3.8, 4) is 17.5 Å². The number of thioether (sulfide) groups is 2. The van der Waals surface area contributed by atoms with Crippen LogP contribution in [0, 0.1) is 11.3 Å². The van der Waals surface area contributed by atoms with Crippen LogP contribution >= 0.6 is 35.1 Å². The summed E-state index contributed by atoms with van der Waals surface area (Å²) >= 11 is 8.81. The van der Waals surface area contributed by atoms with Gasteiger partial charge in [-0.3, -0.25) is 4.79 Å². The molecule has 3 aromatic rings. The van der Waals surface area contributed by atoms with Gasteiger partial charge in [0.05, 0.1) is 23.3 Å². The van der Waals surface area contributed by atoms with E-state index in [2.05, 4.69) is 21.6 Å². The Hall–Kier alpha value is -2.47. The summed E-state index contributed by atoms with van der Waals surface area (Å²) in [6.45, 7) is 2.68. The van der Waals surface area contributed by atoms with E-state index in [1.54, 1.807) is 0 Å². The highest BCUT2D eigenvalue weighted by molar-refractivity contribution is 8.00. The first-order chi connectivity index (χ1) is 14.1. The Labute approximate surface area is 182 Å². The summed E-state index contributed by atoms with van der Waals surface area (Å²) in [4.78, 5) is 13.3. The molecular formula is C20H18ClN5OS2. The van der Waals surface area contributed by atoms with Gasteiger partial charge in [0.2, 0.25) is 5.91 Å². The SMILES string of the molecule is CCn1c(SCC(=O)Nc2ccccc2SCC#N)nnc1-c1cccc(Cl)c1. The molecule has 0 unspecified atom stereocenters. The minimum atomic E-state index is -0.144. The number of benzene rings is 2. The summed E-state index contributed by atoms with van der Waals surface area (Å²) in [5, 5.41) is 21.5. The first-order valence-electron chi connectivity index (χ1n) is 8.83. The molecule has 0 aliphatic carbocycles.